The molecule has 2 rings (SSSR count). The molecule has 0 amide bonds. The Balaban J connectivity index is 2.32. The zero-order valence-electron chi connectivity index (χ0n) is 8.87. The van der Waals surface area contributed by atoms with Crippen LogP contribution in [-0.2, 0) is 6.42 Å². The Labute approximate surface area is 96.4 Å². The van der Waals surface area contributed by atoms with Crippen LogP contribution >= 0.6 is 0 Å². The lowest BCUT2D eigenvalue weighted by Gasteiger charge is -1.94. The van der Waals surface area contributed by atoms with E-state index in [1.165, 1.54) is 12.1 Å². The minimum atomic E-state index is -0.472. The van der Waals surface area contributed by atoms with E-state index in [9.17, 15) is 10.1 Å². The van der Waals surface area contributed by atoms with Crippen molar-refractivity contribution in [3.05, 3.63) is 40.3 Å². The van der Waals surface area contributed by atoms with Crippen LogP contribution in [0.4, 0.5) is 5.69 Å². The van der Waals surface area contributed by atoms with E-state index in [-0.39, 0.29) is 11.6 Å². The predicted octanol–water partition coefficient (Wildman–Crippen LogP) is 1.15. The first kappa shape index (κ1) is 11.2. The number of benzene rings is 1. The van der Waals surface area contributed by atoms with Crippen LogP contribution in [0.5, 0.6) is 0 Å². The maximum atomic E-state index is 10.6. The molecule has 0 unspecified atom stereocenters. The summed E-state index contributed by atoms with van der Waals surface area (Å²) in [6, 6.07) is 6.04. The summed E-state index contributed by atoms with van der Waals surface area (Å²) in [5.74, 6) is 0.686. The van der Waals surface area contributed by atoms with Gasteiger partial charge in [0, 0.05) is 30.7 Å². The van der Waals surface area contributed by atoms with Gasteiger partial charge in [0.25, 0.3) is 5.69 Å². The molecule has 0 fully saturated rings. The van der Waals surface area contributed by atoms with Gasteiger partial charge in [0.1, 0.15) is 0 Å². The fourth-order valence-corrected chi connectivity index (χ4v) is 1.35. The summed E-state index contributed by atoms with van der Waals surface area (Å²) in [6.07, 6.45) is 0.488. The molecule has 88 valence electrons. The highest BCUT2D eigenvalue weighted by Crippen LogP contribution is 2.22. The summed E-state index contributed by atoms with van der Waals surface area (Å²) in [4.78, 5) is 10.1. The second-order valence-electron chi connectivity index (χ2n) is 3.35. The second kappa shape index (κ2) is 4.71. The first-order chi connectivity index (χ1) is 8.20. The van der Waals surface area contributed by atoms with Crippen molar-refractivity contribution in [1.82, 2.24) is 10.2 Å². The summed E-state index contributed by atoms with van der Waals surface area (Å²) in [6.45, 7) is 0.413. The number of nitro benzene ring substituents is 1. The van der Waals surface area contributed by atoms with Crippen LogP contribution in [0.1, 0.15) is 5.89 Å². The second-order valence-corrected chi connectivity index (χ2v) is 3.35. The average Bonchev–Trinajstić information content (AvgIpc) is 2.78. The molecule has 0 radical (unpaired) electrons. The molecule has 0 aliphatic heterocycles. The third-order valence-electron chi connectivity index (χ3n) is 2.13. The maximum Gasteiger partial charge on any atom is 0.270 e. The number of aromatic nitrogens is 2. The van der Waals surface area contributed by atoms with Crippen molar-refractivity contribution in [2.75, 3.05) is 6.54 Å². The summed E-state index contributed by atoms with van der Waals surface area (Å²) in [5.41, 5.74) is 5.87. The molecule has 0 atom stereocenters. The molecule has 0 spiro atoms. The fourth-order valence-electron chi connectivity index (χ4n) is 1.35. The molecule has 0 bridgehead atoms. The van der Waals surface area contributed by atoms with E-state index >= 15 is 0 Å². The molecular formula is C10H10N4O3. The first-order valence-electron chi connectivity index (χ1n) is 4.98. The summed E-state index contributed by atoms with van der Waals surface area (Å²) in [5, 5.41) is 18.2. The van der Waals surface area contributed by atoms with Gasteiger partial charge in [0.2, 0.25) is 11.8 Å². The topological polar surface area (TPSA) is 108 Å². The normalized spacial score (nSPS) is 10.4. The monoisotopic (exact) mass is 234 g/mol. The third-order valence-corrected chi connectivity index (χ3v) is 2.13. The van der Waals surface area contributed by atoms with Gasteiger partial charge in [-0.3, -0.25) is 10.1 Å². The van der Waals surface area contributed by atoms with E-state index < -0.39 is 4.92 Å². The Morgan fingerprint density at radius 3 is 2.94 bits per heavy atom. The molecule has 2 aromatic rings. The molecule has 1 aromatic carbocycles. The highest BCUT2D eigenvalue weighted by atomic mass is 16.6. The Morgan fingerprint density at radius 1 is 1.41 bits per heavy atom. The van der Waals surface area contributed by atoms with Gasteiger partial charge in [0.05, 0.1) is 4.92 Å². The number of hydrogen-bond acceptors (Lipinski definition) is 6. The van der Waals surface area contributed by atoms with Crippen LogP contribution in [0.3, 0.4) is 0 Å². The number of rotatable bonds is 4. The van der Waals surface area contributed by atoms with E-state index in [0.717, 1.165) is 0 Å². The van der Waals surface area contributed by atoms with E-state index in [0.29, 0.717) is 24.4 Å². The quantitative estimate of drug-likeness (QED) is 0.627. The van der Waals surface area contributed by atoms with Crippen molar-refractivity contribution in [3.8, 4) is 11.5 Å². The summed E-state index contributed by atoms with van der Waals surface area (Å²) >= 11 is 0. The van der Waals surface area contributed by atoms with Crippen molar-refractivity contribution < 1.29 is 9.34 Å². The van der Waals surface area contributed by atoms with Gasteiger partial charge in [-0.05, 0) is 6.07 Å². The smallest absolute Gasteiger partial charge is 0.270 e. The van der Waals surface area contributed by atoms with Crippen LogP contribution in [0.2, 0.25) is 0 Å². The predicted molar refractivity (Wildman–Crippen MR) is 59.1 cm³/mol. The Hall–Kier alpha value is -2.28. The molecule has 0 aliphatic carbocycles. The SMILES string of the molecule is NCCc1nnc(-c2cccc([N+](=O)[O-])c2)o1. The molecule has 1 aromatic heterocycles. The van der Waals surface area contributed by atoms with E-state index in [1.807, 2.05) is 0 Å². The zero-order chi connectivity index (χ0) is 12.3. The third kappa shape index (κ3) is 2.45. The van der Waals surface area contributed by atoms with Gasteiger partial charge in [-0.1, -0.05) is 6.07 Å². The van der Waals surface area contributed by atoms with Gasteiger partial charge in [0.15, 0.2) is 0 Å². The maximum absolute atomic E-state index is 10.6. The number of nitrogens with two attached hydrogens (primary N) is 1. The minimum absolute atomic E-state index is 0.0129. The zero-order valence-corrected chi connectivity index (χ0v) is 8.87. The molecule has 7 nitrogen and oxygen atoms in total. The number of nitrogens with zero attached hydrogens (tertiary/aromatic N) is 3. The van der Waals surface area contributed by atoms with Crippen LogP contribution in [0.15, 0.2) is 28.7 Å². The van der Waals surface area contributed by atoms with Crippen LogP contribution in [0.25, 0.3) is 11.5 Å². The number of non-ortho nitro benzene ring substituents is 1. The average molecular weight is 234 g/mol. The van der Waals surface area contributed by atoms with Crippen molar-refractivity contribution in [2.24, 2.45) is 5.73 Å². The van der Waals surface area contributed by atoms with Gasteiger partial charge in [-0.25, -0.2) is 0 Å². The van der Waals surface area contributed by atoms with Crippen LogP contribution < -0.4 is 5.73 Å². The lowest BCUT2D eigenvalue weighted by molar-refractivity contribution is -0.384. The van der Waals surface area contributed by atoms with Gasteiger partial charge < -0.3 is 10.2 Å². The van der Waals surface area contributed by atoms with Crippen molar-refractivity contribution in [2.45, 2.75) is 6.42 Å². The van der Waals surface area contributed by atoms with Crippen molar-refractivity contribution in [3.63, 3.8) is 0 Å². The highest BCUT2D eigenvalue weighted by molar-refractivity contribution is 5.57. The Bertz CT molecular complexity index is 538. The summed E-state index contributed by atoms with van der Waals surface area (Å²) in [7, 11) is 0. The largest absolute Gasteiger partial charge is 0.421 e. The number of nitro groups is 1. The Morgan fingerprint density at radius 2 is 2.24 bits per heavy atom. The number of hydrogen-bond donors (Lipinski definition) is 1. The van der Waals surface area contributed by atoms with E-state index in [1.54, 1.807) is 12.1 Å². The van der Waals surface area contributed by atoms with Gasteiger partial charge in [-0.2, -0.15) is 0 Å². The standard InChI is InChI=1S/C10H10N4O3/c11-5-4-9-12-13-10(17-9)7-2-1-3-8(6-7)14(15)16/h1-3,6H,4-5,11H2. The molecular weight excluding hydrogens is 224 g/mol. The van der Waals surface area contributed by atoms with E-state index in [2.05, 4.69) is 10.2 Å². The molecule has 0 saturated heterocycles. The van der Waals surface area contributed by atoms with Gasteiger partial charge in [-0.15, -0.1) is 10.2 Å². The molecule has 0 saturated carbocycles. The minimum Gasteiger partial charge on any atom is -0.421 e. The lowest BCUT2D eigenvalue weighted by atomic mass is 10.2. The lowest BCUT2D eigenvalue weighted by Crippen LogP contribution is -2.02. The van der Waals surface area contributed by atoms with Crippen molar-refractivity contribution >= 4 is 5.69 Å². The highest BCUT2D eigenvalue weighted by Gasteiger charge is 2.12. The molecule has 0 aliphatic rings. The van der Waals surface area contributed by atoms with Crippen LogP contribution in [-0.4, -0.2) is 21.7 Å². The van der Waals surface area contributed by atoms with E-state index in [4.69, 9.17) is 10.2 Å². The first-order valence-corrected chi connectivity index (χ1v) is 4.98. The van der Waals surface area contributed by atoms with Gasteiger partial charge >= 0.3 is 0 Å². The molecule has 17 heavy (non-hydrogen) atoms. The molecule has 2 N–H and O–H groups in total. The van der Waals surface area contributed by atoms with Crippen molar-refractivity contribution in [1.29, 1.82) is 0 Å². The Kier molecular flexibility index (Phi) is 3.10. The molecule has 7 heteroatoms. The fraction of sp³-hybridized carbons (Fsp3) is 0.200. The molecule has 1 heterocycles. The van der Waals surface area contributed by atoms with Crippen LogP contribution in [0, 0.1) is 10.1 Å². The summed E-state index contributed by atoms with van der Waals surface area (Å²) < 4.78 is 5.32.